The minimum Gasteiger partial charge on any atom is -0.366 e. The first-order valence-electron chi connectivity index (χ1n) is 5.45. The van der Waals surface area contributed by atoms with Gasteiger partial charge in [0, 0.05) is 9.35 Å². The van der Waals surface area contributed by atoms with Crippen LogP contribution in [-0.4, -0.2) is 14.3 Å². The molecule has 4 nitrogen and oxygen atoms in total. The maximum atomic E-state index is 12.7. The number of primary amides is 1. The lowest BCUT2D eigenvalue weighted by atomic mass is 10.2. The smallest absolute Gasteiger partial charge is 0.250 e. The van der Waals surface area contributed by atoms with Crippen molar-refractivity contribution >= 4 is 66.2 Å². The van der Waals surface area contributed by atoms with Gasteiger partial charge < -0.3 is 5.73 Å². The van der Waals surface area contributed by atoms with Crippen molar-refractivity contribution < 1.29 is 13.2 Å². The third kappa shape index (κ3) is 2.98. The zero-order valence-corrected chi connectivity index (χ0v) is 15.2. The molecule has 0 aliphatic carbocycles. The van der Waals surface area contributed by atoms with Crippen molar-refractivity contribution in [2.75, 3.05) is 0 Å². The third-order valence-electron chi connectivity index (χ3n) is 2.61. The first-order valence-corrected chi connectivity index (χ1v) is 9.30. The highest BCUT2D eigenvalue weighted by molar-refractivity contribution is 9.10. The summed E-state index contributed by atoms with van der Waals surface area (Å²) in [7, 11) is -3.97. The van der Waals surface area contributed by atoms with E-state index in [0.717, 1.165) is 16.2 Å². The predicted molar refractivity (Wildman–Crippen MR) is 87.2 cm³/mol. The van der Waals surface area contributed by atoms with E-state index in [1.165, 1.54) is 12.1 Å². The fourth-order valence-electron chi connectivity index (χ4n) is 1.71. The second-order valence-electron chi connectivity index (χ2n) is 4.10. The molecule has 2 aromatic rings. The Morgan fingerprint density at radius 1 is 1.33 bits per heavy atom. The van der Waals surface area contributed by atoms with Crippen LogP contribution in [0.1, 0.15) is 15.2 Å². The number of hydrogen-bond acceptors (Lipinski definition) is 4. The van der Waals surface area contributed by atoms with Crippen LogP contribution in [0.15, 0.2) is 31.8 Å². The molecule has 0 saturated heterocycles. The summed E-state index contributed by atoms with van der Waals surface area (Å²) in [6.45, 7) is 1.78. The predicted octanol–water partition coefficient (Wildman–Crippen LogP) is 4.06. The van der Waals surface area contributed by atoms with Gasteiger partial charge in [-0.15, -0.1) is 11.3 Å². The second kappa shape index (κ2) is 5.89. The van der Waals surface area contributed by atoms with Crippen molar-refractivity contribution in [1.29, 1.82) is 0 Å². The average Bonchev–Trinajstić information content (AvgIpc) is 2.68. The summed E-state index contributed by atoms with van der Waals surface area (Å²) in [5, 5.41) is -0.337. The van der Waals surface area contributed by atoms with Gasteiger partial charge in [0.05, 0.1) is 15.6 Å². The number of carbonyl (C=O) groups excluding carboxylic acids is 1. The molecular weight excluding hydrogens is 421 g/mol. The Labute approximate surface area is 143 Å². The lowest BCUT2D eigenvalue weighted by molar-refractivity contribution is 0.100. The van der Waals surface area contributed by atoms with Crippen LogP contribution in [0.25, 0.3) is 0 Å². The summed E-state index contributed by atoms with van der Waals surface area (Å²) < 4.78 is 26.0. The highest BCUT2D eigenvalue weighted by Crippen LogP contribution is 2.41. The van der Waals surface area contributed by atoms with Crippen molar-refractivity contribution in [3.63, 3.8) is 0 Å². The molecule has 21 heavy (non-hydrogen) atoms. The molecule has 0 fully saturated rings. The van der Waals surface area contributed by atoms with Gasteiger partial charge in [-0.1, -0.05) is 23.2 Å². The first kappa shape index (κ1) is 16.8. The van der Waals surface area contributed by atoms with Crippen molar-refractivity contribution in [2.45, 2.75) is 16.0 Å². The van der Waals surface area contributed by atoms with Gasteiger partial charge >= 0.3 is 0 Å². The molecule has 1 amide bonds. The summed E-state index contributed by atoms with van der Waals surface area (Å²) in [6, 6.07) is 4.26. The largest absolute Gasteiger partial charge is 0.366 e. The van der Waals surface area contributed by atoms with E-state index in [9.17, 15) is 13.2 Å². The standard InChI is InChI=1S/C12H8BrCl2NO3S2/c1-5-4-7(13)12(20-5)21(18,19)10-8(14)3-2-6(9(10)15)11(16)17/h2-4H,1H3,(H2,16,17). The summed E-state index contributed by atoms with van der Waals surface area (Å²) in [5.74, 6) is -0.824. The summed E-state index contributed by atoms with van der Waals surface area (Å²) >= 11 is 16.3. The Balaban J connectivity index is 2.80. The number of rotatable bonds is 3. The van der Waals surface area contributed by atoms with Crippen LogP contribution >= 0.6 is 50.5 Å². The lowest BCUT2D eigenvalue weighted by Gasteiger charge is -2.10. The van der Waals surface area contributed by atoms with Crippen LogP contribution < -0.4 is 5.73 Å². The Hall–Kier alpha value is -0.600. The quantitative estimate of drug-likeness (QED) is 0.800. The molecule has 9 heteroatoms. The maximum Gasteiger partial charge on any atom is 0.250 e. The van der Waals surface area contributed by atoms with Crippen molar-refractivity contribution in [3.8, 4) is 0 Å². The maximum absolute atomic E-state index is 12.7. The zero-order chi connectivity index (χ0) is 15.9. The van der Waals surface area contributed by atoms with Gasteiger partial charge in [-0.05, 0) is 41.1 Å². The van der Waals surface area contributed by atoms with E-state index in [0.29, 0.717) is 4.47 Å². The molecule has 0 unspecified atom stereocenters. The van der Waals surface area contributed by atoms with Gasteiger partial charge in [0.1, 0.15) is 9.10 Å². The van der Waals surface area contributed by atoms with Crippen LogP contribution in [0.4, 0.5) is 0 Å². The van der Waals surface area contributed by atoms with Crippen molar-refractivity contribution in [2.24, 2.45) is 5.73 Å². The Morgan fingerprint density at radius 2 is 1.95 bits per heavy atom. The fraction of sp³-hybridized carbons (Fsp3) is 0.0833. The SMILES string of the molecule is Cc1cc(Br)c(S(=O)(=O)c2c(Cl)ccc(C(N)=O)c2Cl)s1. The number of benzene rings is 1. The lowest BCUT2D eigenvalue weighted by Crippen LogP contribution is -2.14. The molecule has 1 aromatic heterocycles. The molecule has 0 radical (unpaired) electrons. The van der Waals surface area contributed by atoms with Crippen LogP contribution in [0.3, 0.4) is 0 Å². The number of thiophene rings is 1. The Bertz CT molecular complexity index is 846. The highest BCUT2D eigenvalue weighted by atomic mass is 79.9. The molecule has 112 valence electrons. The first-order chi connectivity index (χ1) is 9.66. The number of hydrogen-bond donors (Lipinski definition) is 1. The van der Waals surface area contributed by atoms with E-state index in [2.05, 4.69) is 15.9 Å². The Morgan fingerprint density at radius 3 is 2.43 bits per heavy atom. The molecule has 0 bridgehead atoms. The molecule has 1 aromatic carbocycles. The van der Waals surface area contributed by atoms with Crippen molar-refractivity contribution in [1.82, 2.24) is 0 Å². The molecule has 0 spiro atoms. The van der Waals surface area contributed by atoms with Gasteiger partial charge in [-0.2, -0.15) is 0 Å². The second-order valence-corrected chi connectivity index (χ2v) is 9.08. The number of aryl methyl sites for hydroxylation is 1. The van der Waals surface area contributed by atoms with Gasteiger partial charge in [0.15, 0.2) is 0 Å². The molecule has 0 atom stereocenters. The minimum atomic E-state index is -3.97. The number of carbonyl (C=O) groups is 1. The number of halogens is 3. The van der Waals surface area contributed by atoms with Crippen LogP contribution in [0.2, 0.25) is 10.0 Å². The van der Waals surface area contributed by atoms with E-state index in [1.54, 1.807) is 13.0 Å². The fourth-order valence-corrected chi connectivity index (χ4v) is 7.04. The van der Waals surface area contributed by atoms with E-state index in [-0.39, 0.29) is 24.7 Å². The molecular formula is C12H8BrCl2NO3S2. The van der Waals surface area contributed by atoms with E-state index in [4.69, 9.17) is 28.9 Å². The number of sulfone groups is 1. The zero-order valence-electron chi connectivity index (χ0n) is 10.5. The highest BCUT2D eigenvalue weighted by Gasteiger charge is 2.30. The summed E-state index contributed by atoms with van der Waals surface area (Å²) in [4.78, 5) is 11.8. The van der Waals surface area contributed by atoms with Crippen LogP contribution in [0.5, 0.6) is 0 Å². The molecule has 0 aliphatic rings. The molecule has 2 rings (SSSR count). The topological polar surface area (TPSA) is 77.2 Å². The van der Waals surface area contributed by atoms with Gasteiger partial charge in [-0.3, -0.25) is 4.79 Å². The molecule has 2 N–H and O–H groups in total. The summed E-state index contributed by atoms with van der Waals surface area (Å²) in [6.07, 6.45) is 0. The normalized spacial score (nSPS) is 11.6. The number of amides is 1. The van der Waals surface area contributed by atoms with Crippen LogP contribution in [-0.2, 0) is 9.84 Å². The van der Waals surface area contributed by atoms with Gasteiger partial charge in [-0.25, -0.2) is 8.42 Å². The third-order valence-corrected chi connectivity index (χ3v) is 8.11. The monoisotopic (exact) mass is 427 g/mol. The van der Waals surface area contributed by atoms with E-state index >= 15 is 0 Å². The Kier molecular flexibility index (Phi) is 4.70. The van der Waals surface area contributed by atoms with Gasteiger partial charge in [0.2, 0.25) is 15.7 Å². The van der Waals surface area contributed by atoms with Crippen LogP contribution in [0, 0.1) is 6.92 Å². The minimum absolute atomic E-state index is 0.0667. The molecule has 0 aliphatic heterocycles. The summed E-state index contributed by atoms with van der Waals surface area (Å²) in [5.41, 5.74) is 5.09. The average molecular weight is 429 g/mol. The van der Waals surface area contributed by atoms with Crippen molar-refractivity contribution in [3.05, 3.63) is 43.2 Å². The molecule has 1 heterocycles. The van der Waals surface area contributed by atoms with Gasteiger partial charge in [0.25, 0.3) is 0 Å². The number of nitrogens with two attached hydrogens (primary N) is 1. The molecule has 0 saturated carbocycles. The van der Waals surface area contributed by atoms with E-state index < -0.39 is 15.7 Å². The van der Waals surface area contributed by atoms with E-state index in [1.807, 2.05) is 0 Å².